The number of rotatable bonds is 5. The van der Waals surface area contributed by atoms with Gasteiger partial charge in [0.25, 0.3) is 11.5 Å². The number of anilines is 2. The Labute approximate surface area is 163 Å². The molecule has 10 heteroatoms. The number of hydrogen-bond acceptors (Lipinski definition) is 6. The van der Waals surface area contributed by atoms with Crippen LogP contribution in [-0.2, 0) is 22.1 Å². The topological polar surface area (TPSA) is 121 Å². The minimum Gasteiger partial charge on any atom is -0.506 e. The minimum absolute atomic E-state index is 0.0230. The minimum atomic E-state index is -4.09. The first kappa shape index (κ1) is 20.0. The SMILES string of the molecule is CC(C)CCNc1cc2cc(N3C(C)C(=O)NS3(=O)=O)c(O)cc2n(C)c1=O. The number of nitrogens with one attached hydrogen (secondary N) is 2. The highest BCUT2D eigenvalue weighted by Gasteiger charge is 2.42. The van der Waals surface area contributed by atoms with Crippen molar-refractivity contribution in [2.75, 3.05) is 16.2 Å². The lowest BCUT2D eigenvalue weighted by atomic mass is 10.1. The van der Waals surface area contributed by atoms with Crippen molar-refractivity contribution in [1.82, 2.24) is 9.29 Å². The number of phenolic OH excluding ortho intramolecular Hbond substituents is 1. The quantitative estimate of drug-likeness (QED) is 0.685. The Kier molecular flexibility index (Phi) is 5.00. The normalized spacial score (nSPS) is 18.7. The Bertz CT molecular complexity index is 1110. The molecule has 1 aliphatic heterocycles. The number of benzene rings is 1. The molecule has 2 aromatic rings. The largest absolute Gasteiger partial charge is 0.506 e. The lowest BCUT2D eigenvalue weighted by Gasteiger charge is -2.21. The van der Waals surface area contributed by atoms with E-state index in [0.29, 0.717) is 29.1 Å². The van der Waals surface area contributed by atoms with Gasteiger partial charge in [0.05, 0.1) is 11.2 Å². The zero-order valence-electron chi connectivity index (χ0n) is 16.2. The van der Waals surface area contributed by atoms with Gasteiger partial charge in [-0.05, 0) is 31.4 Å². The van der Waals surface area contributed by atoms with Gasteiger partial charge in [-0.1, -0.05) is 13.8 Å². The zero-order valence-corrected chi connectivity index (χ0v) is 17.0. The van der Waals surface area contributed by atoms with Gasteiger partial charge in [-0.3, -0.25) is 9.59 Å². The predicted octanol–water partition coefficient (Wildman–Crippen LogP) is 1.27. The highest BCUT2D eigenvalue weighted by molar-refractivity contribution is 7.92. The van der Waals surface area contributed by atoms with Crippen LogP contribution in [0, 0.1) is 5.92 Å². The molecule has 0 spiro atoms. The number of nitrogens with zero attached hydrogens (tertiary/aromatic N) is 2. The van der Waals surface area contributed by atoms with Crippen molar-refractivity contribution < 1.29 is 18.3 Å². The summed E-state index contributed by atoms with van der Waals surface area (Å²) in [5.41, 5.74) is 0.565. The summed E-state index contributed by atoms with van der Waals surface area (Å²) in [6.45, 7) is 6.23. The van der Waals surface area contributed by atoms with E-state index in [1.807, 2.05) is 4.72 Å². The van der Waals surface area contributed by atoms with E-state index in [0.717, 1.165) is 10.7 Å². The Morgan fingerprint density at radius 3 is 2.50 bits per heavy atom. The number of phenols is 1. The zero-order chi connectivity index (χ0) is 20.8. The average molecular weight is 408 g/mol. The van der Waals surface area contributed by atoms with E-state index in [1.54, 1.807) is 13.1 Å². The summed E-state index contributed by atoms with van der Waals surface area (Å²) in [5.74, 6) is -0.529. The third-order valence-corrected chi connectivity index (χ3v) is 6.30. The molecule has 1 aromatic carbocycles. The molecule has 1 saturated heterocycles. The summed E-state index contributed by atoms with van der Waals surface area (Å²) in [6, 6.07) is 3.43. The first-order valence-electron chi connectivity index (χ1n) is 8.99. The van der Waals surface area contributed by atoms with Crippen molar-refractivity contribution in [3.05, 3.63) is 28.6 Å². The molecule has 28 heavy (non-hydrogen) atoms. The molecule has 0 radical (unpaired) electrons. The van der Waals surface area contributed by atoms with Crippen LogP contribution in [0.4, 0.5) is 11.4 Å². The highest BCUT2D eigenvalue weighted by atomic mass is 32.2. The maximum atomic E-state index is 12.6. The number of fused-ring (bicyclic) bond motifs is 1. The van der Waals surface area contributed by atoms with Crippen LogP contribution in [0.5, 0.6) is 5.75 Å². The van der Waals surface area contributed by atoms with Crippen molar-refractivity contribution in [3.8, 4) is 5.75 Å². The van der Waals surface area contributed by atoms with E-state index in [9.17, 15) is 23.1 Å². The smallest absolute Gasteiger partial charge is 0.327 e. The van der Waals surface area contributed by atoms with Crippen molar-refractivity contribution in [3.63, 3.8) is 0 Å². The number of hydrogen-bond donors (Lipinski definition) is 3. The molecular weight excluding hydrogens is 384 g/mol. The second kappa shape index (κ2) is 7.01. The molecule has 1 amide bonds. The molecule has 0 saturated carbocycles. The lowest BCUT2D eigenvalue weighted by Crippen LogP contribution is -2.33. The molecule has 1 aromatic heterocycles. The van der Waals surface area contributed by atoms with E-state index in [4.69, 9.17) is 0 Å². The van der Waals surface area contributed by atoms with Crippen molar-refractivity contribution in [2.24, 2.45) is 13.0 Å². The summed E-state index contributed by atoms with van der Waals surface area (Å²) in [5, 5.41) is 14.1. The fourth-order valence-corrected chi connectivity index (χ4v) is 4.65. The van der Waals surface area contributed by atoms with E-state index in [2.05, 4.69) is 19.2 Å². The first-order valence-corrected chi connectivity index (χ1v) is 10.4. The Hall–Kier alpha value is -2.75. The van der Waals surface area contributed by atoms with Crippen molar-refractivity contribution >= 4 is 38.4 Å². The van der Waals surface area contributed by atoms with Gasteiger partial charge in [0.1, 0.15) is 17.5 Å². The monoisotopic (exact) mass is 408 g/mol. The second-order valence-corrected chi connectivity index (χ2v) is 8.92. The number of aromatic hydroxyl groups is 1. The molecule has 1 unspecified atom stereocenters. The van der Waals surface area contributed by atoms with E-state index >= 15 is 0 Å². The molecule has 3 N–H and O–H groups in total. The van der Waals surface area contributed by atoms with Crippen LogP contribution in [0.15, 0.2) is 23.0 Å². The summed E-state index contributed by atoms with van der Waals surface area (Å²) in [6.07, 6.45) is 0.888. The van der Waals surface area contributed by atoms with Gasteiger partial charge in [-0.25, -0.2) is 9.03 Å². The standard InChI is InChI=1S/C18H24N4O5S/c1-10(2)5-6-19-13-7-12-8-15(16(23)9-14(12)21(4)18(13)25)22-11(3)17(24)20-28(22,26)27/h7-11,19,23H,5-6H2,1-4H3,(H,20,24). The van der Waals surface area contributed by atoms with Crippen LogP contribution in [0.1, 0.15) is 27.2 Å². The van der Waals surface area contributed by atoms with Gasteiger partial charge in [-0.15, -0.1) is 0 Å². The summed E-state index contributed by atoms with van der Waals surface area (Å²) in [7, 11) is -2.51. The van der Waals surface area contributed by atoms with Crippen LogP contribution in [0.3, 0.4) is 0 Å². The molecular formula is C18H24N4O5S. The fourth-order valence-electron chi connectivity index (χ4n) is 3.21. The molecule has 2 heterocycles. The molecule has 1 atom stereocenters. The summed E-state index contributed by atoms with van der Waals surface area (Å²) >= 11 is 0. The van der Waals surface area contributed by atoms with Crippen molar-refractivity contribution in [1.29, 1.82) is 0 Å². The third-order valence-electron chi connectivity index (χ3n) is 4.81. The van der Waals surface area contributed by atoms with Crippen LogP contribution < -0.4 is 19.9 Å². The van der Waals surface area contributed by atoms with Gasteiger partial charge in [0.15, 0.2) is 0 Å². The second-order valence-electron chi connectivity index (χ2n) is 7.37. The number of aromatic nitrogens is 1. The lowest BCUT2D eigenvalue weighted by molar-refractivity contribution is -0.119. The van der Waals surface area contributed by atoms with E-state index in [1.165, 1.54) is 23.6 Å². The van der Waals surface area contributed by atoms with Crippen LogP contribution in [-0.4, -0.2) is 36.6 Å². The summed E-state index contributed by atoms with van der Waals surface area (Å²) in [4.78, 5) is 24.4. The van der Waals surface area contributed by atoms with Gasteiger partial charge in [0, 0.05) is 25.0 Å². The van der Waals surface area contributed by atoms with E-state index < -0.39 is 22.2 Å². The summed E-state index contributed by atoms with van der Waals surface area (Å²) < 4.78 is 28.7. The Morgan fingerprint density at radius 1 is 1.25 bits per heavy atom. The number of amides is 1. The number of carbonyl (C=O) groups excluding carboxylic acids is 1. The number of carbonyl (C=O) groups is 1. The van der Waals surface area contributed by atoms with Crippen LogP contribution >= 0.6 is 0 Å². The van der Waals surface area contributed by atoms with Crippen molar-refractivity contribution in [2.45, 2.75) is 33.2 Å². The first-order chi connectivity index (χ1) is 13.0. The Balaban J connectivity index is 2.12. The number of aryl methyl sites for hydroxylation is 1. The number of pyridine rings is 1. The van der Waals surface area contributed by atoms with Gasteiger partial charge in [-0.2, -0.15) is 8.42 Å². The van der Waals surface area contributed by atoms with Gasteiger partial charge < -0.3 is 15.0 Å². The third kappa shape index (κ3) is 3.39. The molecule has 0 aliphatic carbocycles. The Morgan fingerprint density at radius 2 is 1.93 bits per heavy atom. The molecule has 152 valence electrons. The molecule has 0 bridgehead atoms. The molecule has 9 nitrogen and oxygen atoms in total. The van der Waals surface area contributed by atoms with Crippen LogP contribution in [0.2, 0.25) is 0 Å². The fraction of sp³-hybridized carbons (Fsp3) is 0.444. The van der Waals surface area contributed by atoms with Crippen LogP contribution in [0.25, 0.3) is 10.9 Å². The molecule has 1 fully saturated rings. The molecule has 1 aliphatic rings. The maximum absolute atomic E-state index is 12.6. The maximum Gasteiger partial charge on any atom is 0.327 e. The highest BCUT2D eigenvalue weighted by Crippen LogP contribution is 2.36. The van der Waals surface area contributed by atoms with Gasteiger partial charge in [0.2, 0.25) is 0 Å². The molecule has 3 rings (SSSR count). The van der Waals surface area contributed by atoms with Gasteiger partial charge >= 0.3 is 10.2 Å². The van der Waals surface area contributed by atoms with E-state index in [-0.39, 0.29) is 17.0 Å². The average Bonchev–Trinajstić information content (AvgIpc) is 2.80. The predicted molar refractivity (Wildman–Crippen MR) is 108 cm³/mol.